The molecule has 1 atom stereocenters. The number of hydrazine groups is 1. The maximum Gasteiger partial charge on any atom is 0.118 e. The van der Waals surface area contributed by atoms with Gasteiger partial charge >= 0.3 is 0 Å². The van der Waals surface area contributed by atoms with E-state index in [4.69, 9.17) is 15.3 Å². The van der Waals surface area contributed by atoms with Crippen molar-refractivity contribution in [2.75, 3.05) is 14.2 Å². The summed E-state index contributed by atoms with van der Waals surface area (Å²) in [5.74, 6) is 6.73. The summed E-state index contributed by atoms with van der Waals surface area (Å²) in [6, 6.07) is 8.05. The third-order valence-electron chi connectivity index (χ3n) is 5.00. The summed E-state index contributed by atoms with van der Waals surface area (Å²) in [5, 5.41) is 0. The number of hydrogen-bond acceptors (Lipinski definition) is 4. The van der Waals surface area contributed by atoms with Gasteiger partial charge in [-0.1, -0.05) is 26.0 Å². The van der Waals surface area contributed by atoms with Gasteiger partial charge in [-0.25, -0.2) is 0 Å². The Morgan fingerprint density at radius 3 is 2.05 bits per heavy atom. The first-order valence-electron chi connectivity index (χ1n) is 7.62. The molecule has 1 aliphatic rings. The van der Waals surface area contributed by atoms with Crippen molar-refractivity contribution in [3.8, 4) is 5.75 Å². The molecule has 1 saturated carbocycles. The molecule has 3 N–H and O–H groups in total. The molecule has 0 spiro atoms. The standard InChI is InChI=1S/C17H28N2O2/c1-16(2)9-11-17(21-4,12-10-16)15(19-18)13-5-7-14(20-3)8-6-13/h5-8,15,19H,9-12,18H2,1-4H3. The van der Waals surface area contributed by atoms with Crippen LogP contribution in [0.25, 0.3) is 0 Å². The average Bonchev–Trinajstić information content (AvgIpc) is 2.50. The van der Waals surface area contributed by atoms with Gasteiger partial charge in [0.05, 0.1) is 18.8 Å². The molecule has 0 bridgehead atoms. The van der Waals surface area contributed by atoms with Gasteiger partial charge in [-0.05, 0) is 48.8 Å². The molecule has 118 valence electrons. The molecule has 0 radical (unpaired) electrons. The molecular weight excluding hydrogens is 264 g/mol. The van der Waals surface area contributed by atoms with Crippen LogP contribution in [-0.2, 0) is 4.74 Å². The number of methoxy groups -OCH3 is 2. The first kappa shape index (κ1) is 16.3. The second-order valence-corrected chi connectivity index (χ2v) is 6.81. The van der Waals surface area contributed by atoms with Crippen LogP contribution in [0, 0.1) is 5.41 Å². The molecule has 0 amide bonds. The average molecular weight is 292 g/mol. The molecule has 1 aromatic carbocycles. The molecular formula is C17H28N2O2. The maximum absolute atomic E-state index is 5.96. The maximum atomic E-state index is 5.96. The summed E-state index contributed by atoms with van der Waals surface area (Å²) in [5.41, 5.74) is 4.27. The number of benzene rings is 1. The highest BCUT2D eigenvalue weighted by Crippen LogP contribution is 2.47. The number of hydrogen-bond donors (Lipinski definition) is 2. The Morgan fingerprint density at radius 2 is 1.62 bits per heavy atom. The molecule has 2 rings (SSSR count). The SMILES string of the molecule is COc1ccc(C(NN)C2(OC)CCC(C)(C)CC2)cc1. The summed E-state index contributed by atoms with van der Waals surface area (Å²) in [6.45, 7) is 4.65. The lowest BCUT2D eigenvalue weighted by atomic mass is 9.67. The smallest absolute Gasteiger partial charge is 0.118 e. The van der Waals surface area contributed by atoms with Crippen molar-refractivity contribution in [2.45, 2.75) is 51.2 Å². The van der Waals surface area contributed by atoms with Crippen molar-refractivity contribution in [3.63, 3.8) is 0 Å². The summed E-state index contributed by atoms with van der Waals surface area (Å²) < 4.78 is 11.2. The van der Waals surface area contributed by atoms with Gasteiger partial charge < -0.3 is 9.47 Å². The van der Waals surface area contributed by atoms with E-state index in [2.05, 4.69) is 31.4 Å². The summed E-state index contributed by atoms with van der Waals surface area (Å²) in [6.07, 6.45) is 4.32. The predicted octanol–water partition coefficient (Wildman–Crippen LogP) is 3.19. The Morgan fingerprint density at radius 1 is 1.05 bits per heavy atom. The molecule has 0 aromatic heterocycles. The molecule has 0 saturated heterocycles. The van der Waals surface area contributed by atoms with Crippen LogP contribution in [0.2, 0.25) is 0 Å². The van der Waals surface area contributed by atoms with Crippen LogP contribution in [0.4, 0.5) is 0 Å². The fourth-order valence-corrected chi connectivity index (χ4v) is 3.31. The van der Waals surface area contributed by atoms with Crippen LogP contribution in [0.1, 0.15) is 51.1 Å². The van der Waals surface area contributed by atoms with Gasteiger partial charge in [0.1, 0.15) is 5.75 Å². The molecule has 1 fully saturated rings. The Bertz CT molecular complexity index is 446. The van der Waals surface area contributed by atoms with Gasteiger partial charge in [0.25, 0.3) is 0 Å². The molecule has 4 heteroatoms. The monoisotopic (exact) mass is 292 g/mol. The van der Waals surface area contributed by atoms with E-state index in [-0.39, 0.29) is 11.6 Å². The van der Waals surface area contributed by atoms with Crippen LogP contribution in [0.15, 0.2) is 24.3 Å². The fraction of sp³-hybridized carbons (Fsp3) is 0.647. The minimum atomic E-state index is -0.237. The topological polar surface area (TPSA) is 56.5 Å². The highest BCUT2D eigenvalue weighted by atomic mass is 16.5. The van der Waals surface area contributed by atoms with Crippen molar-refractivity contribution in [1.82, 2.24) is 5.43 Å². The molecule has 1 aromatic rings. The van der Waals surface area contributed by atoms with Gasteiger partial charge in [-0.15, -0.1) is 0 Å². The normalized spacial score (nSPS) is 21.8. The van der Waals surface area contributed by atoms with Gasteiger partial charge in [-0.3, -0.25) is 11.3 Å². The number of nitrogens with one attached hydrogen (secondary N) is 1. The second kappa shape index (κ2) is 6.34. The first-order valence-corrected chi connectivity index (χ1v) is 7.62. The highest BCUT2D eigenvalue weighted by molar-refractivity contribution is 5.31. The Balaban J connectivity index is 2.25. The van der Waals surface area contributed by atoms with Crippen molar-refractivity contribution >= 4 is 0 Å². The van der Waals surface area contributed by atoms with E-state index >= 15 is 0 Å². The quantitative estimate of drug-likeness (QED) is 0.646. The molecule has 0 heterocycles. The molecule has 1 unspecified atom stereocenters. The Hall–Kier alpha value is -1.10. The zero-order chi connectivity index (χ0) is 15.5. The molecule has 21 heavy (non-hydrogen) atoms. The lowest BCUT2D eigenvalue weighted by Gasteiger charge is -2.47. The number of rotatable bonds is 5. The van der Waals surface area contributed by atoms with Crippen LogP contribution in [0.3, 0.4) is 0 Å². The molecule has 4 nitrogen and oxygen atoms in total. The van der Waals surface area contributed by atoms with Crippen molar-refractivity contribution < 1.29 is 9.47 Å². The zero-order valence-corrected chi connectivity index (χ0v) is 13.6. The lowest BCUT2D eigenvalue weighted by Crippen LogP contribution is -2.51. The van der Waals surface area contributed by atoms with E-state index in [1.807, 2.05) is 12.1 Å². The number of ether oxygens (including phenoxy) is 2. The predicted molar refractivity (Wildman–Crippen MR) is 85.0 cm³/mol. The third kappa shape index (κ3) is 3.39. The van der Waals surface area contributed by atoms with Gasteiger partial charge in [0.2, 0.25) is 0 Å². The van der Waals surface area contributed by atoms with E-state index in [1.54, 1.807) is 14.2 Å². The fourth-order valence-electron chi connectivity index (χ4n) is 3.31. The van der Waals surface area contributed by atoms with Gasteiger partial charge in [0, 0.05) is 7.11 Å². The minimum absolute atomic E-state index is 0.00972. The third-order valence-corrected chi connectivity index (χ3v) is 5.00. The van der Waals surface area contributed by atoms with Crippen LogP contribution >= 0.6 is 0 Å². The van der Waals surface area contributed by atoms with E-state index in [1.165, 1.54) is 0 Å². The minimum Gasteiger partial charge on any atom is -0.497 e. The van der Waals surface area contributed by atoms with Crippen molar-refractivity contribution in [2.24, 2.45) is 11.3 Å². The van der Waals surface area contributed by atoms with E-state index in [9.17, 15) is 0 Å². The number of nitrogens with two attached hydrogens (primary N) is 1. The van der Waals surface area contributed by atoms with E-state index in [0.717, 1.165) is 37.0 Å². The van der Waals surface area contributed by atoms with Gasteiger partial charge in [0.15, 0.2) is 0 Å². The van der Waals surface area contributed by atoms with Crippen molar-refractivity contribution in [3.05, 3.63) is 29.8 Å². The second-order valence-electron chi connectivity index (χ2n) is 6.81. The lowest BCUT2D eigenvalue weighted by molar-refractivity contribution is -0.0877. The van der Waals surface area contributed by atoms with E-state index < -0.39 is 0 Å². The molecule has 0 aliphatic heterocycles. The van der Waals surface area contributed by atoms with Crippen LogP contribution < -0.4 is 16.0 Å². The van der Waals surface area contributed by atoms with Crippen LogP contribution in [-0.4, -0.2) is 19.8 Å². The first-order chi connectivity index (χ1) is 9.96. The Kier molecular flexibility index (Phi) is 4.91. The largest absolute Gasteiger partial charge is 0.497 e. The summed E-state index contributed by atoms with van der Waals surface area (Å²) in [7, 11) is 3.47. The molecule has 1 aliphatic carbocycles. The van der Waals surface area contributed by atoms with Gasteiger partial charge in [-0.2, -0.15) is 0 Å². The zero-order valence-electron chi connectivity index (χ0n) is 13.6. The highest BCUT2D eigenvalue weighted by Gasteiger charge is 2.44. The van der Waals surface area contributed by atoms with Crippen LogP contribution in [0.5, 0.6) is 5.75 Å². The Labute approximate surface area is 128 Å². The summed E-state index contributed by atoms with van der Waals surface area (Å²) >= 11 is 0. The summed E-state index contributed by atoms with van der Waals surface area (Å²) in [4.78, 5) is 0. The van der Waals surface area contributed by atoms with Crippen molar-refractivity contribution in [1.29, 1.82) is 0 Å². The van der Waals surface area contributed by atoms with E-state index in [0.29, 0.717) is 5.41 Å².